The van der Waals surface area contributed by atoms with Crippen molar-refractivity contribution in [2.24, 2.45) is 0 Å². The van der Waals surface area contributed by atoms with Gasteiger partial charge in [-0.05, 0) is 76.3 Å². The number of ether oxygens (including phenoxy) is 1. The number of sulfonamides is 1. The molecule has 316 valence electrons. The first-order valence-electron chi connectivity index (χ1n) is 17.4. The number of nitrogens with two attached hydrogens (primary N) is 1. The molecule has 0 spiro atoms. The molecule has 17 nitrogen and oxygen atoms in total. The quantitative estimate of drug-likeness (QED) is 0.0585. The van der Waals surface area contributed by atoms with Crippen molar-refractivity contribution in [1.29, 1.82) is 5.41 Å². The maximum Gasteiger partial charge on any atom is 1.00 e. The van der Waals surface area contributed by atoms with E-state index < -0.39 is 109 Å². The molecule has 0 saturated carbocycles. The molecule has 5 aromatic carbocycles. The fourth-order valence-corrected chi connectivity index (χ4v) is 11.2. The molecule has 64 heavy (non-hydrogen) atoms. The van der Waals surface area contributed by atoms with Crippen LogP contribution in [0.4, 0.5) is 22.7 Å². The van der Waals surface area contributed by atoms with Crippen LogP contribution < -0.4 is 126 Å². The van der Waals surface area contributed by atoms with Crippen molar-refractivity contribution in [2.45, 2.75) is 50.7 Å². The number of hydrogen-bond donors (Lipinski definition) is 4. The van der Waals surface area contributed by atoms with E-state index in [1.54, 1.807) is 12.1 Å². The number of fused-ring (bicyclic) bond motifs is 5. The fraction of sp³-hybridized carbons (Fsp3) is 0.105. The van der Waals surface area contributed by atoms with Crippen molar-refractivity contribution in [1.82, 2.24) is 4.98 Å². The summed E-state index contributed by atoms with van der Waals surface area (Å²) in [5, 5.41) is 10.1. The van der Waals surface area contributed by atoms with Crippen molar-refractivity contribution < 1.29 is 152 Å². The van der Waals surface area contributed by atoms with Crippen LogP contribution in [0.2, 0.25) is 10.0 Å². The Bertz CT molecular complexity index is 3600. The van der Waals surface area contributed by atoms with E-state index in [1.165, 1.54) is 48.5 Å². The Morgan fingerprint density at radius 2 is 1.38 bits per heavy atom. The zero-order chi connectivity index (χ0) is 44.4. The number of benzene rings is 6. The molecule has 5 N–H and O–H groups in total. The Kier molecular flexibility index (Phi) is 15.1. The molecule has 26 heteroatoms. The molecule has 0 bridgehead atoms. The molecule has 0 unspecified atom stereocenters. The van der Waals surface area contributed by atoms with Crippen LogP contribution in [0, 0.1) is 5.41 Å². The van der Waals surface area contributed by atoms with Gasteiger partial charge in [-0.2, -0.15) is 0 Å². The summed E-state index contributed by atoms with van der Waals surface area (Å²) in [5.74, 6) is -1.75. The van der Waals surface area contributed by atoms with E-state index in [9.17, 15) is 42.8 Å². The van der Waals surface area contributed by atoms with Gasteiger partial charge >= 0.3 is 99.8 Å². The molecule has 5 aromatic rings. The predicted octanol–water partition coefficient (Wildman–Crippen LogP) is -1.95. The molecule has 2 aliphatic heterocycles. The van der Waals surface area contributed by atoms with E-state index in [1.807, 2.05) is 20.8 Å². The van der Waals surface area contributed by atoms with Gasteiger partial charge in [0.05, 0.1) is 26.5 Å². The Labute approximate surface area is 453 Å². The van der Waals surface area contributed by atoms with Gasteiger partial charge in [0.25, 0.3) is 10.0 Å². The Morgan fingerprint density at radius 1 is 0.781 bits per heavy atom. The summed E-state index contributed by atoms with van der Waals surface area (Å²) in [5.41, 5.74) is 4.55. The normalized spacial score (nSPS) is 12.8. The number of sulfone groups is 1. The van der Waals surface area contributed by atoms with Crippen LogP contribution >= 0.6 is 23.2 Å². The first kappa shape index (κ1) is 52.7. The van der Waals surface area contributed by atoms with Crippen LogP contribution in [0.25, 0.3) is 33.3 Å². The number of halogens is 2. The molecule has 3 aliphatic rings. The summed E-state index contributed by atoms with van der Waals surface area (Å²) in [6, 6.07) is 17.6. The van der Waals surface area contributed by atoms with Gasteiger partial charge in [-0.3, -0.25) is 10.1 Å². The fourth-order valence-electron chi connectivity index (χ4n) is 6.69. The first-order valence-corrected chi connectivity index (χ1v) is 23.9. The topological polar surface area (TPSA) is 292 Å². The predicted molar refractivity (Wildman–Crippen MR) is 222 cm³/mol. The number of nitrogen functional groups attached to an aromatic ring is 1. The van der Waals surface area contributed by atoms with E-state index in [0.29, 0.717) is 10.8 Å². The molecule has 0 radical (unpaired) electrons. The molecule has 0 saturated heterocycles. The van der Waals surface area contributed by atoms with Crippen LogP contribution in [0.3, 0.4) is 0 Å². The van der Waals surface area contributed by atoms with Crippen LogP contribution in [0.1, 0.15) is 26.3 Å². The van der Waals surface area contributed by atoms with Gasteiger partial charge in [0.1, 0.15) is 61.9 Å². The maximum absolute atomic E-state index is 14.2. The third-order valence-electron chi connectivity index (χ3n) is 9.69. The second-order valence-electron chi connectivity index (χ2n) is 14.8. The minimum atomic E-state index is -5.69. The number of rotatable bonds is 7. The number of hydrogen-bond acceptors (Lipinski definition) is 16. The van der Waals surface area contributed by atoms with Gasteiger partial charge in [-0.15, -0.1) is 0 Å². The Balaban J connectivity index is 0.00000257. The number of aromatic nitrogens is 1. The molecule has 1 aliphatic carbocycles. The van der Waals surface area contributed by atoms with Crippen molar-refractivity contribution in [3.05, 3.63) is 99.8 Å². The van der Waals surface area contributed by atoms with Crippen molar-refractivity contribution in [3.8, 4) is 23.0 Å². The Morgan fingerprint density at radius 3 is 1.98 bits per heavy atom. The third-order valence-corrected chi connectivity index (χ3v) is 15.4. The summed E-state index contributed by atoms with van der Waals surface area (Å²) in [6.07, 6.45) is 0. The zero-order valence-electron chi connectivity index (χ0n) is 34.3. The third kappa shape index (κ3) is 9.43. The smallest absolute Gasteiger partial charge is 0.744 e. The summed E-state index contributed by atoms with van der Waals surface area (Å²) in [4.78, 5) is 0.590. The second kappa shape index (κ2) is 18.3. The van der Waals surface area contributed by atoms with Crippen molar-refractivity contribution >= 4 is 108 Å². The van der Waals surface area contributed by atoms with E-state index in [2.05, 4.69) is 15.0 Å². The minimum Gasteiger partial charge on any atom is -0.744 e. The second-order valence-corrected chi connectivity index (χ2v) is 21.7. The summed E-state index contributed by atoms with van der Waals surface area (Å²) in [6.45, 7) is 5.99. The number of anilines is 4. The van der Waals surface area contributed by atoms with Gasteiger partial charge in [-0.1, -0.05) is 68.2 Å². The first-order chi connectivity index (χ1) is 28.3. The average molecular weight is 1010 g/mol. The van der Waals surface area contributed by atoms with Gasteiger partial charge in [0, 0.05) is 5.69 Å². The van der Waals surface area contributed by atoms with E-state index >= 15 is 0 Å². The van der Waals surface area contributed by atoms with Gasteiger partial charge < -0.3 is 29.3 Å². The Hall–Kier alpha value is -2.29. The molecular weight excluding hydrogens is 987 g/mol. The summed E-state index contributed by atoms with van der Waals surface area (Å²) >= 11 is 13.3. The minimum absolute atomic E-state index is 0. The van der Waals surface area contributed by atoms with Crippen molar-refractivity contribution in [2.75, 3.05) is 15.8 Å². The van der Waals surface area contributed by atoms with Crippen LogP contribution in [-0.4, -0.2) is 47.8 Å². The molecule has 0 fully saturated rings. The standard InChI is InChI=1S/C38H29Cl2N5O12S4.K.Li.Na/c1-38(2,3)19-6-10-21(11-7-19)59(48,49)45-20-8-4-18-15-22(9-5-17(18)14-20)58(46,47)26-16-25-33(37(29(26)42)61(53,54)55)57-35-27(39)30-34(28(40)31(35)44-25)56-32-24(43-30)13-12-23(41)36(32)60(50,51)52;;;/h4-16,42-43,45H,41H2,1-3H3,(H,50,51,52)(H,53,54,55);;;/q;3*+1/p-2. The van der Waals surface area contributed by atoms with Gasteiger partial charge in [0.2, 0.25) is 9.84 Å². The molecule has 0 amide bonds. The van der Waals surface area contributed by atoms with Gasteiger partial charge in [0.15, 0.2) is 22.8 Å². The molecule has 0 aromatic heterocycles. The molecular formula is C38H27Cl2KLiN5NaO12S4+. The van der Waals surface area contributed by atoms with E-state index in [-0.39, 0.29) is 133 Å². The number of nitrogens with one attached hydrogen (secondary N) is 3. The van der Waals surface area contributed by atoms with Crippen LogP contribution in [-0.2, 0) is 45.5 Å². The van der Waals surface area contributed by atoms with Crippen molar-refractivity contribution in [3.63, 3.8) is 0 Å². The van der Waals surface area contributed by atoms with Crippen LogP contribution in [0.15, 0.2) is 108 Å². The monoisotopic (exact) mass is 1010 g/mol. The van der Waals surface area contributed by atoms with Crippen LogP contribution in [0.5, 0.6) is 11.5 Å². The summed E-state index contributed by atoms with van der Waals surface area (Å²) in [7, 11) is -19.8. The average Bonchev–Trinajstić information content (AvgIpc) is 3.16. The number of nitrogens with zero attached hydrogens (tertiary/aromatic N) is 1. The van der Waals surface area contributed by atoms with E-state index in [4.69, 9.17) is 43.5 Å². The molecule has 2 heterocycles. The van der Waals surface area contributed by atoms with Gasteiger partial charge in [-0.25, -0.2) is 38.7 Å². The molecule has 0 atom stereocenters. The maximum atomic E-state index is 14.2. The summed E-state index contributed by atoms with van der Waals surface area (Å²) < 4.78 is 143. The zero-order valence-corrected chi connectivity index (χ0v) is 44.2. The molecule has 8 rings (SSSR count). The van der Waals surface area contributed by atoms with E-state index in [0.717, 1.165) is 23.8 Å². The largest absolute Gasteiger partial charge is 1.00 e. The SMILES string of the molecule is CC(C)(C)c1ccc(S(=O)(=O)Nc2ccc3cc(S(=O)(=O)c4cc5nc6c(Cl)c7c(c(Cl)c6oc-5c(S(=O)(=O)[O-])c4=N)Nc4ccc(N)c(S(=O)(=O)[O-])c4O7)ccc3c2)cc1.[K+].[Li+].[Na+].